The van der Waals surface area contributed by atoms with Gasteiger partial charge in [-0.2, -0.15) is 0 Å². The van der Waals surface area contributed by atoms with Gasteiger partial charge in [-0.25, -0.2) is 4.39 Å². The van der Waals surface area contributed by atoms with Crippen LogP contribution in [0.3, 0.4) is 0 Å². The van der Waals surface area contributed by atoms with Crippen LogP contribution < -0.4 is 5.32 Å². The number of halogens is 1. The Bertz CT molecular complexity index is 853. The van der Waals surface area contributed by atoms with Gasteiger partial charge in [0.05, 0.1) is 6.04 Å². The maximum atomic E-state index is 13.9. The molecule has 0 saturated carbocycles. The zero-order chi connectivity index (χ0) is 18.5. The van der Waals surface area contributed by atoms with Crippen LogP contribution in [0.2, 0.25) is 0 Å². The highest BCUT2D eigenvalue weighted by Crippen LogP contribution is 2.31. The van der Waals surface area contributed by atoms with Gasteiger partial charge >= 0.3 is 0 Å². The summed E-state index contributed by atoms with van der Waals surface area (Å²) in [7, 11) is 0. The molecule has 0 amide bonds. The Morgan fingerprint density at radius 1 is 0.741 bits per heavy atom. The molecule has 3 aromatic carbocycles. The number of nitrogens with one attached hydrogen (secondary N) is 1. The van der Waals surface area contributed by atoms with E-state index >= 15 is 0 Å². The minimum Gasteiger partial charge on any atom is -0.315 e. The molecule has 1 fully saturated rings. The molecule has 1 N–H and O–H groups in total. The first kappa shape index (κ1) is 17.9. The molecule has 1 aliphatic rings. The third kappa shape index (κ3) is 4.26. The van der Waals surface area contributed by atoms with Gasteiger partial charge in [-0.1, -0.05) is 66.7 Å². The lowest BCUT2D eigenvalue weighted by atomic mass is 9.94. The molecule has 0 aliphatic carbocycles. The van der Waals surface area contributed by atoms with Crippen molar-refractivity contribution in [1.29, 1.82) is 0 Å². The third-order valence-electron chi connectivity index (χ3n) is 5.24. The Balaban J connectivity index is 1.69. The van der Waals surface area contributed by atoms with E-state index in [2.05, 4.69) is 58.7 Å². The molecule has 1 saturated heterocycles. The van der Waals surface area contributed by atoms with Crippen LogP contribution in [0.15, 0.2) is 78.9 Å². The van der Waals surface area contributed by atoms with Crippen molar-refractivity contribution in [2.45, 2.75) is 12.5 Å². The summed E-state index contributed by atoms with van der Waals surface area (Å²) in [6, 6.07) is 26.2. The van der Waals surface area contributed by atoms with E-state index < -0.39 is 0 Å². The monoisotopic (exact) mass is 360 g/mol. The summed E-state index contributed by atoms with van der Waals surface area (Å²) < 4.78 is 13.9. The molecule has 27 heavy (non-hydrogen) atoms. The third-order valence-corrected chi connectivity index (χ3v) is 5.24. The van der Waals surface area contributed by atoms with Crippen LogP contribution >= 0.6 is 0 Å². The first-order valence-electron chi connectivity index (χ1n) is 9.67. The van der Waals surface area contributed by atoms with Gasteiger partial charge < -0.3 is 5.32 Å². The quantitative estimate of drug-likeness (QED) is 0.713. The van der Waals surface area contributed by atoms with Crippen LogP contribution in [0.5, 0.6) is 0 Å². The molecule has 1 aliphatic heterocycles. The minimum absolute atomic E-state index is 0.0745. The van der Waals surface area contributed by atoms with E-state index in [1.807, 2.05) is 18.2 Å². The molecule has 2 nitrogen and oxygen atoms in total. The van der Waals surface area contributed by atoms with Crippen LogP contribution in [0, 0.1) is 5.82 Å². The van der Waals surface area contributed by atoms with Crippen molar-refractivity contribution in [3.05, 3.63) is 95.8 Å². The number of hydrogen-bond acceptors (Lipinski definition) is 2. The lowest BCUT2D eigenvalue weighted by Gasteiger charge is -2.31. The maximum Gasteiger partial charge on any atom is 0.123 e. The Labute approximate surface area is 160 Å². The molecular formula is C24H25FN2. The van der Waals surface area contributed by atoms with Crippen LogP contribution in [-0.4, -0.2) is 31.1 Å². The zero-order valence-corrected chi connectivity index (χ0v) is 15.4. The Hall–Kier alpha value is -2.49. The van der Waals surface area contributed by atoms with Gasteiger partial charge in [-0.15, -0.1) is 0 Å². The van der Waals surface area contributed by atoms with Gasteiger partial charge in [0.2, 0.25) is 0 Å². The second-order valence-corrected chi connectivity index (χ2v) is 7.09. The molecule has 0 radical (unpaired) electrons. The Morgan fingerprint density at radius 2 is 1.52 bits per heavy atom. The molecule has 1 unspecified atom stereocenters. The fourth-order valence-electron chi connectivity index (χ4n) is 3.90. The Morgan fingerprint density at radius 3 is 2.30 bits per heavy atom. The zero-order valence-electron chi connectivity index (χ0n) is 15.4. The summed E-state index contributed by atoms with van der Waals surface area (Å²) in [6.45, 7) is 3.98. The molecule has 138 valence electrons. The van der Waals surface area contributed by atoms with E-state index in [0.29, 0.717) is 0 Å². The van der Waals surface area contributed by atoms with Crippen LogP contribution in [0.25, 0.3) is 11.1 Å². The highest BCUT2D eigenvalue weighted by Gasteiger charge is 2.23. The molecule has 0 spiro atoms. The summed E-state index contributed by atoms with van der Waals surface area (Å²) in [6.07, 6.45) is 1.11. The van der Waals surface area contributed by atoms with Crippen molar-refractivity contribution < 1.29 is 4.39 Å². The molecule has 4 rings (SSSR count). The Kier molecular flexibility index (Phi) is 5.61. The van der Waals surface area contributed by atoms with Gasteiger partial charge in [-0.3, -0.25) is 4.90 Å². The van der Waals surface area contributed by atoms with Crippen molar-refractivity contribution >= 4 is 0 Å². The topological polar surface area (TPSA) is 15.3 Å². The molecular weight excluding hydrogens is 335 g/mol. The number of benzene rings is 3. The summed E-state index contributed by atoms with van der Waals surface area (Å²) in [5.74, 6) is -0.175. The molecule has 1 heterocycles. The standard InChI is InChI=1S/C24H25FN2/c25-23-9-4-8-22(18-23)24(27-16-5-14-26-15-17-27)21-12-10-20(11-13-21)19-6-2-1-3-7-19/h1-4,6-13,18,24,26H,5,14-17H2. The van der Waals surface area contributed by atoms with Gasteiger partial charge in [0.25, 0.3) is 0 Å². The SMILES string of the molecule is Fc1cccc(C(c2ccc(-c3ccccc3)cc2)N2CCCNCC2)c1. The predicted molar refractivity (Wildman–Crippen MR) is 109 cm³/mol. The lowest BCUT2D eigenvalue weighted by molar-refractivity contribution is 0.240. The van der Waals surface area contributed by atoms with Crippen molar-refractivity contribution in [3.8, 4) is 11.1 Å². The van der Waals surface area contributed by atoms with E-state index in [1.165, 1.54) is 22.8 Å². The second kappa shape index (κ2) is 8.47. The lowest BCUT2D eigenvalue weighted by Crippen LogP contribution is -2.33. The molecule has 0 bridgehead atoms. The van der Waals surface area contributed by atoms with Gasteiger partial charge in [-0.05, 0) is 47.4 Å². The molecule has 0 aromatic heterocycles. The van der Waals surface area contributed by atoms with Crippen LogP contribution in [0.1, 0.15) is 23.6 Å². The van der Waals surface area contributed by atoms with Gasteiger partial charge in [0, 0.05) is 19.6 Å². The highest BCUT2D eigenvalue weighted by atomic mass is 19.1. The average molecular weight is 360 g/mol. The van der Waals surface area contributed by atoms with E-state index in [0.717, 1.165) is 38.2 Å². The fraction of sp³-hybridized carbons (Fsp3) is 0.250. The number of hydrogen-bond donors (Lipinski definition) is 1. The van der Waals surface area contributed by atoms with Crippen molar-refractivity contribution in [1.82, 2.24) is 10.2 Å². The minimum atomic E-state index is -0.175. The second-order valence-electron chi connectivity index (χ2n) is 7.09. The van der Waals surface area contributed by atoms with E-state index in [4.69, 9.17) is 0 Å². The van der Waals surface area contributed by atoms with E-state index in [-0.39, 0.29) is 11.9 Å². The average Bonchev–Trinajstić information content (AvgIpc) is 2.99. The first-order chi connectivity index (χ1) is 13.3. The summed E-state index contributed by atoms with van der Waals surface area (Å²) in [5.41, 5.74) is 4.65. The van der Waals surface area contributed by atoms with Crippen LogP contribution in [-0.2, 0) is 0 Å². The molecule has 3 heteroatoms. The number of nitrogens with zero attached hydrogens (tertiary/aromatic N) is 1. The summed E-state index contributed by atoms with van der Waals surface area (Å²) >= 11 is 0. The van der Waals surface area contributed by atoms with Gasteiger partial charge in [0.15, 0.2) is 0 Å². The van der Waals surface area contributed by atoms with Crippen LogP contribution in [0.4, 0.5) is 4.39 Å². The van der Waals surface area contributed by atoms with E-state index in [1.54, 1.807) is 6.07 Å². The summed E-state index contributed by atoms with van der Waals surface area (Å²) in [5, 5.41) is 3.46. The largest absolute Gasteiger partial charge is 0.315 e. The van der Waals surface area contributed by atoms with Gasteiger partial charge in [0.1, 0.15) is 5.82 Å². The highest BCUT2D eigenvalue weighted by molar-refractivity contribution is 5.63. The summed E-state index contributed by atoms with van der Waals surface area (Å²) in [4.78, 5) is 2.46. The first-order valence-corrected chi connectivity index (χ1v) is 9.67. The van der Waals surface area contributed by atoms with Crippen molar-refractivity contribution in [3.63, 3.8) is 0 Å². The fourth-order valence-corrected chi connectivity index (χ4v) is 3.90. The maximum absolute atomic E-state index is 13.9. The molecule has 3 aromatic rings. The van der Waals surface area contributed by atoms with Crippen molar-refractivity contribution in [2.24, 2.45) is 0 Å². The smallest absolute Gasteiger partial charge is 0.123 e. The predicted octanol–water partition coefficient (Wildman–Crippen LogP) is 4.88. The molecule has 1 atom stereocenters. The normalized spacial score (nSPS) is 16.6. The number of rotatable bonds is 4. The van der Waals surface area contributed by atoms with E-state index in [9.17, 15) is 4.39 Å². The van der Waals surface area contributed by atoms with Crippen molar-refractivity contribution in [2.75, 3.05) is 26.2 Å².